The zero-order chi connectivity index (χ0) is 6.57. The van der Waals surface area contributed by atoms with Crippen LogP contribution in [-0.4, -0.2) is 9.46 Å². The molecule has 0 amide bonds. The van der Waals surface area contributed by atoms with Crippen molar-refractivity contribution in [3.05, 3.63) is 24.4 Å². The summed E-state index contributed by atoms with van der Waals surface area (Å²) in [6.07, 6.45) is 1.71. The highest BCUT2D eigenvalue weighted by Crippen LogP contribution is 2.05. The van der Waals surface area contributed by atoms with Gasteiger partial charge >= 0.3 is 9.46 Å². The average Bonchev–Trinajstić information content (AvgIpc) is 1.67. The maximum absolute atomic E-state index is 11.6. The Balaban J connectivity index is 3.48. The second-order valence-corrected chi connectivity index (χ2v) is 2.87. The lowest BCUT2D eigenvalue weighted by Gasteiger charge is -1.93. The first kappa shape index (κ1) is 7.56. The van der Waals surface area contributed by atoms with Gasteiger partial charge in [-0.25, -0.2) is 0 Å². The van der Waals surface area contributed by atoms with Gasteiger partial charge in [-0.05, 0) is 11.6 Å². The quantitative estimate of drug-likeness (QED) is 0.314. The molecule has 3 heteroatoms. The lowest BCUT2D eigenvalue weighted by Crippen LogP contribution is -1.99. The molecule has 0 aromatic rings. The van der Waals surface area contributed by atoms with Crippen molar-refractivity contribution in [2.24, 2.45) is 0 Å². The van der Waals surface area contributed by atoms with Gasteiger partial charge in [0.15, 0.2) is 0 Å². The number of hydrogen-bond donors (Lipinski definition) is 0. The van der Waals surface area contributed by atoms with Crippen LogP contribution in [0.25, 0.3) is 0 Å². The van der Waals surface area contributed by atoms with Crippen LogP contribution in [0, 0.1) is 0 Å². The lowest BCUT2D eigenvalue weighted by molar-refractivity contribution is 0.672. The van der Waals surface area contributed by atoms with Gasteiger partial charge in [-0.2, -0.15) is 0 Å². The summed E-state index contributed by atoms with van der Waals surface area (Å²) in [5.41, 5.74) is 0. The highest BCUT2D eigenvalue weighted by atomic mass is 28.4. The molecule has 0 bridgehead atoms. The minimum Gasteiger partial charge on any atom is -0.269 e. The number of rotatable bonds is 3. The smallest absolute Gasteiger partial charge is 0.269 e. The van der Waals surface area contributed by atoms with E-state index >= 15 is 0 Å². The van der Waals surface area contributed by atoms with E-state index in [9.17, 15) is 8.22 Å². The highest BCUT2D eigenvalue weighted by Gasteiger charge is 2.09. The summed E-state index contributed by atoms with van der Waals surface area (Å²) in [6.45, 7) is 6.50. The zero-order valence-corrected chi connectivity index (χ0v) is 5.69. The Morgan fingerprint density at radius 1 is 1.62 bits per heavy atom. The molecule has 0 fully saturated rings. The maximum Gasteiger partial charge on any atom is 0.437 e. The Labute approximate surface area is 49.5 Å². The summed E-state index contributed by atoms with van der Waals surface area (Å²) in [5.74, 6) is 0. The van der Waals surface area contributed by atoms with E-state index in [1.165, 1.54) is 6.08 Å². The lowest BCUT2D eigenvalue weighted by atomic mass is 10.4. The molecule has 0 aliphatic rings. The molecule has 46 valence electrons. The number of halogens is 2. The van der Waals surface area contributed by atoms with Crippen LogP contribution < -0.4 is 0 Å². The van der Waals surface area contributed by atoms with Crippen LogP contribution in [0.15, 0.2) is 24.4 Å². The molecule has 0 saturated heterocycles. The molecule has 0 radical (unpaired) electrons. The molecular formula is C5H8F2Si. The summed E-state index contributed by atoms with van der Waals surface area (Å²) in [6, 6.07) is 0. The van der Waals surface area contributed by atoms with Gasteiger partial charge in [-0.15, -0.1) is 6.58 Å². The van der Waals surface area contributed by atoms with Crippen LogP contribution in [0.1, 0.15) is 6.42 Å². The van der Waals surface area contributed by atoms with E-state index in [1.807, 2.05) is 0 Å². The van der Waals surface area contributed by atoms with Crippen molar-refractivity contribution in [2.45, 2.75) is 6.42 Å². The van der Waals surface area contributed by atoms with Crippen LogP contribution in [0.3, 0.4) is 0 Å². The van der Waals surface area contributed by atoms with E-state index in [0.717, 1.165) is 0 Å². The molecule has 0 aliphatic heterocycles. The van der Waals surface area contributed by atoms with E-state index in [-0.39, 0.29) is 11.6 Å². The monoisotopic (exact) mass is 134 g/mol. The molecule has 0 heterocycles. The Hall–Kier alpha value is -0.443. The van der Waals surface area contributed by atoms with E-state index in [4.69, 9.17) is 0 Å². The molecule has 8 heavy (non-hydrogen) atoms. The molecule has 0 aromatic heterocycles. The summed E-state index contributed by atoms with van der Waals surface area (Å²) >= 11 is 0. The number of allylic oxidation sites excluding steroid dienone is 2. The van der Waals surface area contributed by atoms with Gasteiger partial charge < -0.3 is 0 Å². The Morgan fingerprint density at radius 2 is 2.12 bits per heavy atom. The van der Waals surface area contributed by atoms with E-state index in [2.05, 4.69) is 13.2 Å². The fourth-order valence-corrected chi connectivity index (χ4v) is 0.619. The summed E-state index contributed by atoms with van der Waals surface area (Å²) < 4.78 is 23.2. The largest absolute Gasteiger partial charge is 0.437 e. The fourth-order valence-electron chi connectivity index (χ4n) is 0.274. The van der Waals surface area contributed by atoms with Gasteiger partial charge in [0.05, 0.1) is 0 Å². The fraction of sp³-hybridized carbons (Fsp3) is 0.200. The predicted octanol–water partition coefficient (Wildman–Crippen LogP) is 1.82. The number of hydrogen-bond acceptors (Lipinski definition) is 0. The summed E-state index contributed by atoms with van der Waals surface area (Å²) in [5, 5.41) is 0.0694. The van der Waals surface area contributed by atoms with Gasteiger partial charge in [-0.3, -0.25) is 8.22 Å². The van der Waals surface area contributed by atoms with Crippen molar-refractivity contribution in [2.75, 3.05) is 0 Å². The van der Waals surface area contributed by atoms with Crippen molar-refractivity contribution in [1.82, 2.24) is 0 Å². The van der Waals surface area contributed by atoms with Gasteiger partial charge in [0.1, 0.15) is 0 Å². The first-order valence-corrected chi connectivity index (χ1v) is 3.70. The zero-order valence-electron chi connectivity index (χ0n) is 4.53. The van der Waals surface area contributed by atoms with Crippen LogP contribution in [-0.2, 0) is 0 Å². The maximum atomic E-state index is 11.6. The molecule has 0 aromatic carbocycles. The third-order valence-corrected chi connectivity index (χ3v) is 1.57. The van der Waals surface area contributed by atoms with Gasteiger partial charge in [-0.1, -0.05) is 12.7 Å². The van der Waals surface area contributed by atoms with Crippen molar-refractivity contribution in [3.63, 3.8) is 0 Å². The normalized spacial score (nSPS) is 9.38. The molecule has 0 nitrogen and oxygen atoms in total. The minimum absolute atomic E-state index is 0.0694. The van der Waals surface area contributed by atoms with Crippen molar-refractivity contribution in [1.29, 1.82) is 0 Å². The molecule has 0 aliphatic carbocycles. The van der Waals surface area contributed by atoms with Crippen LogP contribution in [0.2, 0.25) is 0 Å². The molecule has 0 saturated carbocycles. The van der Waals surface area contributed by atoms with Crippen LogP contribution >= 0.6 is 0 Å². The van der Waals surface area contributed by atoms with Crippen LogP contribution in [0.4, 0.5) is 8.22 Å². The van der Waals surface area contributed by atoms with Gasteiger partial charge in [0.2, 0.25) is 0 Å². The van der Waals surface area contributed by atoms with Crippen molar-refractivity contribution < 1.29 is 8.22 Å². The van der Waals surface area contributed by atoms with Crippen molar-refractivity contribution >= 4 is 9.46 Å². The third kappa shape index (κ3) is 2.68. The molecular weight excluding hydrogens is 126 g/mol. The summed E-state index contributed by atoms with van der Waals surface area (Å²) in [4.78, 5) is 0. The van der Waals surface area contributed by atoms with E-state index < -0.39 is 9.46 Å². The molecule has 0 rings (SSSR count). The second-order valence-electron chi connectivity index (χ2n) is 1.45. The second kappa shape index (κ2) is 3.55. The van der Waals surface area contributed by atoms with Gasteiger partial charge in [0, 0.05) is 0 Å². The van der Waals surface area contributed by atoms with Crippen molar-refractivity contribution in [3.8, 4) is 0 Å². The Bertz CT molecular complexity index is 98.6. The third-order valence-electron chi connectivity index (χ3n) is 0.715. The topological polar surface area (TPSA) is 0 Å². The first-order valence-electron chi connectivity index (χ1n) is 2.25. The molecule has 0 atom stereocenters. The van der Waals surface area contributed by atoms with E-state index in [0.29, 0.717) is 0 Å². The average molecular weight is 134 g/mol. The Morgan fingerprint density at radius 3 is 2.25 bits per heavy atom. The predicted molar refractivity (Wildman–Crippen MR) is 33.3 cm³/mol. The van der Waals surface area contributed by atoms with Gasteiger partial charge in [0.25, 0.3) is 0 Å². The minimum atomic E-state index is -3.55. The first-order chi connectivity index (χ1) is 3.68. The summed E-state index contributed by atoms with van der Waals surface area (Å²) in [7, 11) is -3.55. The van der Waals surface area contributed by atoms with E-state index in [1.54, 1.807) is 0 Å². The molecule has 0 N–H and O–H groups in total. The highest BCUT2D eigenvalue weighted by molar-refractivity contribution is 6.52. The van der Waals surface area contributed by atoms with Crippen LogP contribution in [0.5, 0.6) is 0 Å². The molecule has 0 spiro atoms. The standard InChI is InChI=1S/C5H8F2Si/c1-3-4-5(2)8(6)7/h3,8H,1-2,4H2. The molecule has 0 unspecified atom stereocenters. The SMILES string of the molecule is C=CCC(=C)[SiH](F)F. The Kier molecular flexibility index (Phi) is 3.35.